The number of phenolic OH excluding ortho intramolecular Hbond substituents is 1. The summed E-state index contributed by atoms with van der Waals surface area (Å²) in [5, 5.41) is 16.3. The van der Waals surface area contributed by atoms with Gasteiger partial charge in [0.1, 0.15) is 5.75 Å². The maximum Gasteiger partial charge on any atom is 0.271 e. The molecule has 2 N–H and O–H groups in total. The van der Waals surface area contributed by atoms with Gasteiger partial charge < -0.3 is 14.6 Å². The number of carbonyl (C=O) groups excluding carboxylic acids is 1. The van der Waals surface area contributed by atoms with Crippen LogP contribution in [0.1, 0.15) is 22.8 Å². The number of ether oxygens (including phenoxy) is 2. The predicted octanol–water partition coefficient (Wildman–Crippen LogP) is 3.43. The van der Waals surface area contributed by atoms with Gasteiger partial charge in [-0.05, 0) is 36.6 Å². The summed E-state index contributed by atoms with van der Waals surface area (Å²) in [7, 11) is 0. The Balaban J connectivity index is 1.57. The zero-order valence-corrected chi connectivity index (χ0v) is 14.0. The highest BCUT2D eigenvalue weighted by Gasteiger charge is 2.16. The summed E-state index contributed by atoms with van der Waals surface area (Å²) < 4.78 is 10.5. The molecule has 0 radical (unpaired) electrons. The highest BCUT2D eigenvalue weighted by Crippen LogP contribution is 2.32. The van der Waals surface area contributed by atoms with E-state index >= 15 is 0 Å². The second-order valence-electron chi connectivity index (χ2n) is 5.89. The first-order chi connectivity index (χ1) is 12.6. The van der Waals surface area contributed by atoms with Crippen LogP contribution in [0.2, 0.25) is 0 Å². The molecule has 0 bridgehead atoms. The predicted molar refractivity (Wildman–Crippen MR) is 97.9 cm³/mol. The molecule has 6 nitrogen and oxygen atoms in total. The van der Waals surface area contributed by atoms with E-state index in [0.717, 1.165) is 10.8 Å². The fourth-order valence-corrected chi connectivity index (χ4v) is 2.84. The number of carbonyl (C=O) groups is 1. The average Bonchev–Trinajstić information content (AvgIpc) is 3.14. The SMILES string of the molecule is C/C(=N\NC(=O)c1ccc2c(c1)OCO2)c1ccc2ccccc2c1O. The van der Waals surface area contributed by atoms with Crippen molar-refractivity contribution >= 4 is 22.4 Å². The molecule has 0 saturated heterocycles. The van der Waals surface area contributed by atoms with E-state index in [4.69, 9.17) is 9.47 Å². The number of phenols is 1. The van der Waals surface area contributed by atoms with E-state index in [0.29, 0.717) is 28.3 Å². The summed E-state index contributed by atoms with van der Waals surface area (Å²) in [5.74, 6) is 0.914. The van der Waals surface area contributed by atoms with Crippen LogP contribution in [0, 0.1) is 0 Å². The Bertz CT molecular complexity index is 1040. The number of amides is 1. The third kappa shape index (κ3) is 2.82. The number of fused-ring (bicyclic) bond motifs is 2. The Morgan fingerprint density at radius 3 is 2.77 bits per heavy atom. The summed E-state index contributed by atoms with van der Waals surface area (Å²) in [6, 6.07) is 16.2. The third-order valence-corrected chi connectivity index (χ3v) is 4.25. The van der Waals surface area contributed by atoms with Gasteiger partial charge in [0.2, 0.25) is 6.79 Å². The molecule has 0 fully saturated rings. The monoisotopic (exact) mass is 348 g/mol. The molecule has 3 aromatic carbocycles. The third-order valence-electron chi connectivity index (χ3n) is 4.25. The number of hydrazone groups is 1. The van der Waals surface area contributed by atoms with Crippen molar-refractivity contribution in [1.29, 1.82) is 0 Å². The summed E-state index contributed by atoms with van der Waals surface area (Å²) in [6.45, 7) is 1.88. The molecule has 1 heterocycles. The summed E-state index contributed by atoms with van der Waals surface area (Å²) in [6.07, 6.45) is 0. The number of benzene rings is 3. The van der Waals surface area contributed by atoms with E-state index < -0.39 is 0 Å². The van der Waals surface area contributed by atoms with Crippen molar-refractivity contribution in [3.8, 4) is 17.2 Å². The molecular weight excluding hydrogens is 332 g/mol. The number of nitrogens with zero attached hydrogens (tertiary/aromatic N) is 1. The number of rotatable bonds is 3. The zero-order chi connectivity index (χ0) is 18.1. The molecule has 0 saturated carbocycles. The molecule has 4 rings (SSSR count). The molecule has 0 aliphatic carbocycles. The molecule has 1 amide bonds. The fraction of sp³-hybridized carbons (Fsp3) is 0.100. The number of nitrogens with one attached hydrogen (secondary N) is 1. The van der Waals surface area contributed by atoms with Crippen molar-refractivity contribution in [2.75, 3.05) is 6.79 Å². The van der Waals surface area contributed by atoms with Gasteiger partial charge >= 0.3 is 0 Å². The van der Waals surface area contributed by atoms with E-state index in [9.17, 15) is 9.90 Å². The maximum atomic E-state index is 12.3. The first kappa shape index (κ1) is 16.0. The first-order valence-electron chi connectivity index (χ1n) is 8.09. The number of hydrogen-bond donors (Lipinski definition) is 2. The molecule has 6 heteroatoms. The topological polar surface area (TPSA) is 80.2 Å². The Kier molecular flexibility index (Phi) is 3.93. The Morgan fingerprint density at radius 1 is 1.08 bits per heavy atom. The highest BCUT2D eigenvalue weighted by atomic mass is 16.7. The van der Waals surface area contributed by atoms with Crippen LogP contribution in [0.5, 0.6) is 17.2 Å². The molecule has 0 unspecified atom stereocenters. The summed E-state index contributed by atoms with van der Waals surface area (Å²) >= 11 is 0. The lowest BCUT2D eigenvalue weighted by molar-refractivity contribution is 0.0954. The van der Waals surface area contributed by atoms with Gasteiger partial charge in [-0.3, -0.25) is 4.79 Å². The zero-order valence-electron chi connectivity index (χ0n) is 14.0. The van der Waals surface area contributed by atoms with Crippen molar-refractivity contribution in [2.24, 2.45) is 5.10 Å². The largest absolute Gasteiger partial charge is 0.507 e. The van der Waals surface area contributed by atoms with Crippen LogP contribution in [0.4, 0.5) is 0 Å². The maximum absolute atomic E-state index is 12.3. The van der Waals surface area contributed by atoms with Crippen molar-refractivity contribution in [3.05, 3.63) is 65.7 Å². The Hall–Kier alpha value is -3.54. The van der Waals surface area contributed by atoms with Crippen LogP contribution in [0.15, 0.2) is 59.7 Å². The minimum absolute atomic E-state index is 0.140. The van der Waals surface area contributed by atoms with E-state index in [2.05, 4.69) is 10.5 Å². The van der Waals surface area contributed by atoms with Crippen LogP contribution in [0.3, 0.4) is 0 Å². The molecule has 1 aliphatic rings. The van der Waals surface area contributed by atoms with Gasteiger partial charge in [-0.2, -0.15) is 5.10 Å². The quantitative estimate of drug-likeness (QED) is 0.561. The van der Waals surface area contributed by atoms with Gasteiger partial charge in [-0.1, -0.05) is 30.3 Å². The lowest BCUT2D eigenvalue weighted by atomic mass is 10.0. The van der Waals surface area contributed by atoms with Crippen LogP contribution in [-0.2, 0) is 0 Å². The van der Waals surface area contributed by atoms with Crippen molar-refractivity contribution in [2.45, 2.75) is 6.92 Å². The van der Waals surface area contributed by atoms with E-state index in [1.54, 1.807) is 31.2 Å². The summed E-state index contributed by atoms with van der Waals surface area (Å²) in [5.41, 5.74) is 3.98. The molecule has 1 aliphatic heterocycles. The van der Waals surface area contributed by atoms with Crippen molar-refractivity contribution in [3.63, 3.8) is 0 Å². The minimum atomic E-state index is -0.372. The Labute approximate surface area is 149 Å². The number of aromatic hydroxyl groups is 1. The van der Waals surface area contributed by atoms with Crippen molar-refractivity contribution in [1.82, 2.24) is 5.43 Å². The fourth-order valence-electron chi connectivity index (χ4n) is 2.84. The van der Waals surface area contributed by atoms with Gasteiger partial charge in [-0.25, -0.2) is 5.43 Å². The molecule has 0 atom stereocenters. The lowest BCUT2D eigenvalue weighted by Gasteiger charge is -2.08. The lowest BCUT2D eigenvalue weighted by Crippen LogP contribution is -2.19. The van der Waals surface area contributed by atoms with Crippen LogP contribution >= 0.6 is 0 Å². The van der Waals surface area contributed by atoms with Crippen LogP contribution < -0.4 is 14.9 Å². The first-order valence-corrected chi connectivity index (χ1v) is 8.09. The van der Waals surface area contributed by atoms with Gasteiger partial charge in [0.25, 0.3) is 5.91 Å². The minimum Gasteiger partial charge on any atom is -0.507 e. The van der Waals surface area contributed by atoms with Gasteiger partial charge in [-0.15, -0.1) is 0 Å². The molecule has 3 aromatic rings. The molecule has 130 valence electrons. The average molecular weight is 348 g/mol. The van der Waals surface area contributed by atoms with Gasteiger partial charge in [0.15, 0.2) is 11.5 Å². The van der Waals surface area contributed by atoms with Gasteiger partial charge in [0.05, 0.1) is 5.71 Å². The molecular formula is C20H16N2O4. The molecule has 0 aromatic heterocycles. The normalized spacial score (nSPS) is 13.0. The standard InChI is InChI=1S/C20H16N2O4/c1-12(15-8-6-13-4-2-3-5-16(13)19(15)23)21-22-20(24)14-7-9-17-18(10-14)26-11-25-17/h2-10,23H,11H2,1H3,(H,22,24)/b21-12+. The smallest absolute Gasteiger partial charge is 0.271 e. The Morgan fingerprint density at radius 2 is 1.88 bits per heavy atom. The van der Waals surface area contributed by atoms with E-state index in [-0.39, 0.29) is 18.4 Å². The van der Waals surface area contributed by atoms with Gasteiger partial charge in [0, 0.05) is 16.5 Å². The van der Waals surface area contributed by atoms with E-state index in [1.807, 2.05) is 30.3 Å². The van der Waals surface area contributed by atoms with Crippen molar-refractivity contribution < 1.29 is 19.4 Å². The second kappa shape index (κ2) is 6.40. The van der Waals surface area contributed by atoms with Crippen LogP contribution in [0.25, 0.3) is 10.8 Å². The van der Waals surface area contributed by atoms with Crippen LogP contribution in [-0.4, -0.2) is 23.5 Å². The summed E-state index contributed by atoms with van der Waals surface area (Å²) in [4.78, 5) is 12.3. The number of hydrogen-bond acceptors (Lipinski definition) is 5. The molecule has 0 spiro atoms. The second-order valence-corrected chi connectivity index (χ2v) is 5.89. The highest BCUT2D eigenvalue weighted by molar-refractivity contribution is 6.07. The van der Waals surface area contributed by atoms with E-state index in [1.165, 1.54) is 0 Å². The molecule has 26 heavy (non-hydrogen) atoms.